The van der Waals surface area contributed by atoms with Crippen LogP contribution in [0.1, 0.15) is 0 Å². The molecule has 30 valence electrons. The molecule has 0 nitrogen and oxygen atoms in total. The third-order valence-corrected chi connectivity index (χ3v) is 0. The molecule has 2 radical (unpaired) electrons. The van der Waals surface area contributed by atoms with Crippen molar-refractivity contribution >= 4 is 36.3 Å². The first-order valence-corrected chi connectivity index (χ1v) is 0. The summed E-state index contributed by atoms with van der Waals surface area (Å²) in [6, 6.07) is 0. The molecule has 0 unspecified atom stereocenters. The average molecular weight is 197 g/mol. The molecule has 4 heteroatoms. The molecule has 0 rings (SSSR count). The number of hydrogen-bond donors (Lipinski definition) is 0. The van der Waals surface area contributed by atoms with Crippen molar-refractivity contribution in [2.45, 2.75) is 0 Å². The molecule has 0 fully saturated rings. The molecule has 0 saturated carbocycles. The van der Waals surface area contributed by atoms with Crippen LogP contribution in [0.15, 0.2) is 0 Å². The summed E-state index contributed by atoms with van der Waals surface area (Å²) in [7, 11) is 0. The molecule has 0 amide bonds. The van der Waals surface area contributed by atoms with E-state index in [9.17, 15) is 0 Å². The summed E-state index contributed by atoms with van der Waals surface area (Å²) in [5.74, 6) is 0. The van der Waals surface area contributed by atoms with Crippen molar-refractivity contribution in [2.24, 2.45) is 0 Å². The molecule has 0 bridgehead atoms. The van der Waals surface area contributed by atoms with E-state index in [2.05, 4.69) is 0 Å². The normalized spacial score (nSPS) is 0. The summed E-state index contributed by atoms with van der Waals surface area (Å²) in [6.07, 6.45) is 0. The zero-order valence-corrected chi connectivity index (χ0v) is 6.78. The van der Waals surface area contributed by atoms with Crippen LogP contribution in [-0.4, -0.2) is 23.9 Å². The van der Waals surface area contributed by atoms with Gasteiger partial charge in [-0.3, -0.25) is 9.41 Å². The van der Waals surface area contributed by atoms with E-state index < -0.39 is 0 Å². The molecular weight excluding hydrogens is 192 g/mol. The van der Waals surface area contributed by atoms with Gasteiger partial charge in [0.25, 0.3) is 0 Å². The first kappa shape index (κ1) is 85.7. The van der Waals surface area contributed by atoms with Gasteiger partial charge in [-0.05, 0) is 0 Å². The minimum atomic E-state index is 0. The fraction of sp³-hybridized carbons (Fsp3) is 0. The van der Waals surface area contributed by atoms with Crippen LogP contribution in [0.2, 0.25) is 0 Å². The number of halogens is 3. The van der Waals surface area contributed by atoms with E-state index in [1.165, 1.54) is 0 Å². The molecule has 0 atom stereocenters. The standard InChI is InChI=1S/ClH.2FH.Sn.2H/h3*1H;;;. The van der Waals surface area contributed by atoms with E-state index in [4.69, 9.17) is 0 Å². The van der Waals surface area contributed by atoms with Crippen molar-refractivity contribution in [1.29, 1.82) is 0 Å². The summed E-state index contributed by atoms with van der Waals surface area (Å²) >= 11 is 0. The predicted octanol–water partition coefficient (Wildman–Crippen LogP) is -0.189. The van der Waals surface area contributed by atoms with E-state index in [0.717, 1.165) is 0 Å². The van der Waals surface area contributed by atoms with Crippen molar-refractivity contribution in [3.8, 4) is 0 Å². The van der Waals surface area contributed by atoms with E-state index >= 15 is 0 Å². The zero-order chi connectivity index (χ0) is 0. The Kier molecular flexibility index (Phi) is 818. The Morgan fingerprint density at radius 3 is 0.750 bits per heavy atom. The Labute approximate surface area is 46.1 Å². The molecule has 0 aliphatic rings. The molecule has 0 N–H and O–H groups in total. The predicted molar refractivity (Wildman–Crippen MR) is 20.8 cm³/mol. The van der Waals surface area contributed by atoms with E-state index in [-0.39, 0.29) is 45.7 Å². The van der Waals surface area contributed by atoms with Gasteiger partial charge < -0.3 is 0 Å². The maximum atomic E-state index is 0. The topological polar surface area (TPSA) is 0 Å². The summed E-state index contributed by atoms with van der Waals surface area (Å²) in [4.78, 5) is 0. The van der Waals surface area contributed by atoms with Crippen LogP contribution in [0.25, 0.3) is 0 Å². The van der Waals surface area contributed by atoms with Gasteiger partial charge in [-0.1, -0.05) is 0 Å². The number of rotatable bonds is 0. The van der Waals surface area contributed by atoms with Gasteiger partial charge in [0.05, 0.1) is 0 Å². The Morgan fingerprint density at radius 2 is 0.750 bits per heavy atom. The van der Waals surface area contributed by atoms with Gasteiger partial charge in [0.15, 0.2) is 0 Å². The summed E-state index contributed by atoms with van der Waals surface area (Å²) in [5, 5.41) is 0. The van der Waals surface area contributed by atoms with Crippen LogP contribution in [0.3, 0.4) is 0 Å². The molecule has 0 aliphatic heterocycles. The van der Waals surface area contributed by atoms with Crippen LogP contribution in [0.4, 0.5) is 9.41 Å². The third kappa shape index (κ3) is 12.4. The van der Waals surface area contributed by atoms with Crippen molar-refractivity contribution in [3.05, 3.63) is 0 Å². The molecule has 0 aromatic rings. The van der Waals surface area contributed by atoms with Gasteiger partial charge in [-0.25, -0.2) is 0 Å². The van der Waals surface area contributed by atoms with Crippen LogP contribution in [0.5, 0.6) is 0 Å². The Bertz CT molecular complexity index is 6.00. The molecule has 0 aromatic heterocycles. The molecule has 4 heavy (non-hydrogen) atoms. The van der Waals surface area contributed by atoms with Crippen LogP contribution in [0, 0.1) is 0 Å². The zero-order valence-electron chi connectivity index (χ0n) is 1.93. The van der Waals surface area contributed by atoms with Crippen LogP contribution < -0.4 is 0 Å². The second-order valence-electron chi connectivity index (χ2n) is 0. The van der Waals surface area contributed by atoms with E-state index in [1.807, 2.05) is 0 Å². The van der Waals surface area contributed by atoms with Crippen molar-refractivity contribution in [1.82, 2.24) is 0 Å². The minimum absolute atomic E-state index is 0. The van der Waals surface area contributed by atoms with Crippen molar-refractivity contribution in [2.75, 3.05) is 0 Å². The molecule has 0 heterocycles. The fourth-order valence-electron chi connectivity index (χ4n) is 0. The van der Waals surface area contributed by atoms with Crippen molar-refractivity contribution < 1.29 is 9.41 Å². The Morgan fingerprint density at radius 1 is 0.750 bits per heavy atom. The van der Waals surface area contributed by atoms with Gasteiger partial charge >= 0.3 is 23.9 Å². The first-order chi connectivity index (χ1) is 0. The second-order valence-corrected chi connectivity index (χ2v) is 0. The molecule has 0 aliphatic carbocycles. The average Bonchev–Trinajstić information content (AvgIpc) is 0. The number of hydrogen-bond acceptors (Lipinski definition) is 0. The van der Waals surface area contributed by atoms with Crippen molar-refractivity contribution in [3.63, 3.8) is 0 Å². The Hall–Kier alpha value is 0.949. The quantitative estimate of drug-likeness (QED) is 0.472. The summed E-state index contributed by atoms with van der Waals surface area (Å²) < 4.78 is 0. The first-order valence-electron chi connectivity index (χ1n) is 0. The van der Waals surface area contributed by atoms with Gasteiger partial charge in [-0.15, -0.1) is 12.4 Å². The van der Waals surface area contributed by atoms with E-state index in [1.54, 1.807) is 0 Å². The van der Waals surface area contributed by atoms with E-state index in [0.29, 0.717) is 0 Å². The van der Waals surface area contributed by atoms with Gasteiger partial charge in [0.2, 0.25) is 0 Å². The second kappa shape index (κ2) is 38.1. The van der Waals surface area contributed by atoms with Crippen LogP contribution >= 0.6 is 12.4 Å². The molecule has 0 saturated heterocycles. The molecule has 0 aromatic carbocycles. The summed E-state index contributed by atoms with van der Waals surface area (Å²) in [6.45, 7) is 0. The molecular formula is H5ClF2Sn. The fourth-order valence-corrected chi connectivity index (χ4v) is 0. The monoisotopic (exact) mass is 198 g/mol. The Balaban J connectivity index is 0. The molecule has 0 spiro atoms. The van der Waals surface area contributed by atoms with Gasteiger partial charge in [0.1, 0.15) is 0 Å². The summed E-state index contributed by atoms with van der Waals surface area (Å²) in [5.41, 5.74) is 0. The van der Waals surface area contributed by atoms with Gasteiger partial charge in [0, 0.05) is 0 Å². The third-order valence-electron chi connectivity index (χ3n) is 0. The maximum absolute atomic E-state index is 0. The van der Waals surface area contributed by atoms with Crippen LogP contribution in [-0.2, 0) is 0 Å². The van der Waals surface area contributed by atoms with Gasteiger partial charge in [-0.2, -0.15) is 0 Å². The SMILES string of the molecule is Cl.F.F.[SnH2].